The average molecular weight is 262 g/mol. The van der Waals surface area contributed by atoms with E-state index in [1.165, 1.54) is 6.42 Å². The van der Waals surface area contributed by atoms with Crippen molar-refractivity contribution in [1.82, 2.24) is 4.90 Å². The standard InChI is InChI=1S/C16H25NO2/c1-17(2)12-14-7-4-5-10-16(14,18)13-8-6-9-15(11-13)19-3/h6,8-9,11,14,18H,4-5,7,10,12H2,1-3H3/i3-1. The Hall–Kier alpha value is -1.06. The third-order valence-corrected chi connectivity index (χ3v) is 4.19. The lowest BCUT2D eigenvalue weighted by atomic mass is 9.71. The van der Waals surface area contributed by atoms with E-state index < -0.39 is 5.60 Å². The quantitative estimate of drug-likeness (QED) is 0.905. The van der Waals surface area contributed by atoms with Crippen LogP contribution in [-0.2, 0) is 5.60 Å². The lowest BCUT2D eigenvalue weighted by Gasteiger charge is -2.41. The number of nitrogens with zero attached hydrogens (tertiary/aromatic N) is 1. The van der Waals surface area contributed by atoms with Gasteiger partial charge in [0.15, 0.2) is 0 Å². The van der Waals surface area contributed by atoms with E-state index in [-0.39, 0.29) is 0 Å². The van der Waals surface area contributed by atoms with Crippen molar-refractivity contribution >= 4 is 0 Å². The van der Waals surface area contributed by atoms with E-state index >= 15 is 0 Å². The maximum atomic E-state index is 11.2. The number of ether oxygens (including phenoxy) is 1. The molecule has 1 aromatic carbocycles. The van der Waals surface area contributed by atoms with Crippen LogP contribution < -0.4 is 4.74 Å². The molecule has 1 aliphatic carbocycles. The fourth-order valence-corrected chi connectivity index (χ4v) is 3.18. The van der Waals surface area contributed by atoms with Crippen LogP contribution in [0.3, 0.4) is 0 Å². The van der Waals surface area contributed by atoms with Gasteiger partial charge in [0.1, 0.15) is 5.75 Å². The summed E-state index contributed by atoms with van der Waals surface area (Å²) in [6.45, 7) is 0.924. The summed E-state index contributed by atoms with van der Waals surface area (Å²) in [5.41, 5.74) is 0.287. The predicted molar refractivity (Wildman–Crippen MR) is 77.4 cm³/mol. The Morgan fingerprint density at radius 1 is 1.37 bits per heavy atom. The van der Waals surface area contributed by atoms with Crippen LogP contribution in [0.4, 0.5) is 0 Å². The van der Waals surface area contributed by atoms with Gasteiger partial charge < -0.3 is 14.7 Å². The van der Waals surface area contributed by atoms with Gasteiger partial charge in [0, 0.05) is 12.5 Å². The Kier molecular flexibility index (Phi) is 4.48. The number of hydrogen-bond acceptors (Lipinski definition) is 3. The van der Waals surface area contributed by atoms with Crippen LogP contribution in [0.5, 0.6) is 5.75 Å². The summed E-state index contributed by atoms with van der Waals surface area (Å²) < 4.78 is 5.29. The molecule has 3 heteroatoms. The highest BCUT2D eigenvalue weighted by atomic mass is 16.4. The van der Waals surface area contributed by atoms with Gasteiger partial charge >= 0.3 is 0 Å². The minimum Gasteiger partial charge on any atom is -0.497 e. The van der Waals surface area contributed by atoms with Crippen LogP contribution in [0.2, 0.25) is 0 Å². The molecule has 106 valence electrons. The van der Waals surface area contributed by atoms with Gasteiger partial charge in [0.05, 0.1) is 12.7 Å². The molecule has 2 atom stereocenters. The fourth-order valence-electron chi connectivity index (χ4n) is 3.18. The largest absolute Gasteiger partial charge is 0.497 e. The van der Waals surface area contributed by atoms with Crippen LogP contribution in [0.25, 0.3) is 0 Å². The highest BCUT2D eigenvalue weighted by Gasteiger charge is 2.40. The van der Waals surface area contributed by atoms with Crippen LogP contribution >= 0.6 is 0 Å². The molecule has 0 amide bonds. The molecule has 0 bridgehead atoms. The second-order valence-electron chi connectivity index (χ2n) is 5.86. The Bertz CT molecular complexity index is 419. The van der Waals surface area contributed by atoms with Gasteiger partial charge in [-0.05, 0) is 44.6 Å². The van der Waals surface area contributed by atoms with Crippen LogP contribution in [-0.4, -0.2) is 37.8 Å². The minimum absolute atomic E-state index is 0.295. The van der Waals surface area contributed by atoms with Gasteiger partial charge in [-0.2, -0.15) is 0 Å². The van der Waals surface area contributed by atoms with Gasteiger partial charge in [-0.25, -0.2) is 0 Å². The summed E-state index contributed by atoms with van der Waals surface area (Å²) in [4.78, 5) is 2.17. The smallest absolute Gasteiger partial charge is 0.119 e. The molecule has 0 aromatic heterocycles. The van der Waals surface area contributed by atoms with Gasteiger partial charge in [-0.3, -0.25) is 0 Å². The van der Waals surface area contributed by atoms with Crippen molar-refractivity contribution in [3.05, 3.63) is 29.8 Å². The summed E-state index contributed by atoms with van der Waals surface area (Å²) >= 11 is 0. The van der Waals surface area contributed by atoms with E-state index in [2.05, 4.69) is 19.0 Å². The van der Waals surface area contributed by atoms with Crippen molar-refractivity contribution < 1.29 is 9.84 Å². The number of benzene rings is 1. The molecule has 1 saturated carbocycles. The van der Waals surface area contributed by atoms with Crippen LogP contribution in [0.1, 0.15) is 31.2 Å². The Balaban J connectivity index is 2.30. The monoisotopic (exact) mass is 262 g/mol. The first-order valence-electron chi connectivity index (χ1n) is 7.08. The molecule has 3 nitrogen and oxygen atoms in total. The zero-order chi connectivity index (χ0) is 13.9. The van der Waals surface area contributed by atoms with Crippen molar-refractivity contribution in [3.63, 3.8) is 0 Å². The van der Waals surface area contributed by atoms with E-state index in [1.807, 2.05) is 24.3 Å². The zero-order valence-electron chi connectivity index (χ0n) is 12.2. The van der Waals surface area contributed by atoms with Gasteiger partial charge in [-0.1, -0.05) is 25.0 Å². The van der Waals surface area contributed by atoms with E-state index in [0.717, 1.165) is 37.1 Å². The van der Waals surface area contributed by atoms with Crippen molar-refractivity contribution in [1.29, 1.82) is 0 Å². The van der Waals surface area contributed by atoms with Gasteiger partial charge in [0.25, 0.3) is 0 Å². The molecule has 1 aromatic rings. The Morgan fingerprint density at radius 2 is 2.16 bits per heavy atom. The van der Waals surface area contributed by atoms with Crippen LogP contribution in [0.15, 0.2) is 24.3 Å². The fraction of sp³-hybridized carbons (Fsp3) is 0.625. The second kappa shape index (κ2) is 5.93. The average Bonchev–Trinajstić information content (AvgIpc) is 2.41. The predicted octanol–water partition coefficient (Wildman–Crippen LogP) is 2.63. The normalized spacial score (nSPS) is 27.5. The molecule has 0 radical (unpaired) electrons. The summed E-state index contributed by atoms with van der Waals surface area (Å²) in [6, 6.07) is 7.90. The summed E-state index contributed by atoms with van der Waals surface area (Å²) in [6.07, 6.45) is 4.24. The molecular weight excluding hydrogens is 237 g/mol. The van der Waals surface area contributed by atoms with E-state index in [0.29, 0.717) is 5.92 Å². The molecule has 0 heterocycles. The minimum atomic E-state index is -0.711. The van der Waals surface area contributed by atoms with E-state index in [9.17, 15) is 5.11 Å². The molecule has 2 unspecified atom stereocenters. The third kappa shape index (κ3) is 3.10. The number of rotatable bonds is 4. The molecule has 0 saturated heterocycles. The summed E-state index contributed by atoms with van der Waals surface area (Å²) in [5, 5.41) is 11.2. The first-order valence-corrected chi connectivity index (χ1v) is 7.08. The molecule has 19 heavy (non-hydrogen) atoms. The maximum Gasteiger partial charge on any atom is 0.119 e. The first-order chi connectivity index (χ1) is 9.06. The maximum absolute atomic E-state index is 11.2. The number of methoxy groups -OCH3 is 1. The summed E-state index contributed by atoms with van der Waals surface area (Å²) in [7, 11) is 5.81. The number of aliphatic hydroxyl groups is 1. The van der Waals surface area contributed by atoms with Crippen molar-refractivity contribution in [2.75, 3.05) is 27.7 Å². The second-order valence-corrected chi connectivity index (χ2v) is 5.86. The molecule has 1 aliphatic rings. The SMILES string of the molecule is CN(C)CC1CCCCC1(O)c1cccc(O[11CH3])c1. The molecule has 0 aliphatic heterocycles. The topological polar surface area (TPSA) is 32.7 Å². The molecule has 1 N–H and O–H groups in total. The zero-order valence-corrected chi connectivity index (χ0v) is 12.2. The third-order valence-electron chi connectivity index (χ3n) is 4.19. The summed E-state index contributed by atoms with van der Waals surface area (Å²) in [5.74, 6) is 1.11. The van der Waals surface area contributed by atoms with Gasteiger partial charge in [-0.15, -0.1) is 0 Å². The lowest BCUT2D eigenvalue weighted by Crippen LogP contribution is -2.43. The lowest BCUT2D eigenvalue weighted by molar-refractivity contribution is -0.0619. The highest BCUT2D eigenvalue weighted by molar-refractivity contribution is 5.33. The van der Waals surface area contributed by atoms with E-state index in [4.69, 9.17) is 4.74 Å². The first kappa shape index (κ1) is 14.4. The van der Waals surface area contributed by atoms with Crippen molar-refractivity contribution in [3.8, 4) is 5.75 Å². The Morgan fingerprint density at radius 3 is 2.84 bits per heavy atom. The highest BCUT2D eigenvalue weighted by Crippen LogP contribution is 2.42. The number of hydrogen-bond donors (Lipinski definition) is 1. The van der Waals surface area contributed by atoms with Crippen molar-refractivity contribution in [2.24, 2.45) is 5.92 Å². The molecule has 2 rings (SSSR count). The van der Waals surface area contributed by atoms with Crippen LogP contribution in [0, 0.1) is 5.92 Å². The molecule has 0 spiro atoms. The van der Waals surface area contributed by atoms with E-state index in [1.54, 1.807) is 7.11 Å². The Labute approximate surface area is 116 Å². The van der Waals surface area contributed by atoms with Gasteiger partial charge in [0.2, 0.25) is 0 Å². The molecule has 1 fully saturated rings. The van der Waals surface area contributed by atoms with Crippen molar-refractivity contribution in [2.45, 2.75) is 31.3 Å². The molecular formula is C16H25NO2.